The fourth-order valence-corrected chi connectivity index (χ4v) is 2.55. The van der Waals surface area contributed by atoms with Gasteiger partial charge in [0.05, 0.1) is 19.8 Å². The molecule has 0 amide bonds. The van der Waals surface area contributed by atoms with Gasteiger partial charge in [0.2, 0.25) is 0 Å². The molecule has 6 nitrogen and oxygen atoms in total. The Morgan fingerprint density at radius 3 is 2.53 bits per heavy atom. The molecule has 0 aromatic carbocycles. The lowest BCUT2D eigenvalue weighted by molar-refractivity contribution is -0.138. The van der Waals surface area contributed by atoms with Crippen molar-refractivity contribution in [3.8, 4) is 0 Å². The van der Waals surface area contributed by atoms with Crippen LogP contribution in [0.2, 0.25) is 0 Å². The predicted molar refractivity (Wildman–Crippen MR) is 60.4 cm³/mol. The van der Waals surface area contributed by atoms with Gasteiger partial charge in [0.25, 0.3) is 0 Å². The summed E-state index contributed by atoms with van der Waals surface area (Å²) in [6.45, 7) is 7.64. The molecule has 1 fully saturated rings. The number of carbonyl (C=O) groups is 1. The molecule has 0 aromatic heterocycles. The van der Waals surface area contributed by atoms with Gasteiger partial charge in [-0.05, 0) is 0 Å². The SMILES string of the molecule is C=CC(=O)OCCOP1(=O)OCC(C)(C)CO1. The first-order valence-corrected chi connectivity index (χ1v) is 6.66. The number of rotatable bonds is 5. The van der Waals surface area contributed by atoms with Crippen molar-refractivity contribution in [2.45, 2.75) is 13.8 Å². The Hall–Kier alpha value is -0.680. The van der Waals surface area contributed by atoms with Gasteiger partial charge in [-0.1, -0.05) is 20.4 Å². The van der Waals surface area contributed by atoms with E-state index < -0.39 is 13.8 Å². The van der Waals surface area contributed by atoms with E-state index in [1.165, 1.54) is 0 Å². The first-order valence-electron chi connectivity index (χ1n) is 5.20. The monoisotopic (exact) mass is 264 g/mol. The fraction of sp³-hybridized carbons (Fsp3) is 0.700. The highest BCUT2D eigenvalue weighted by molar-refractivity contribution is 7.48. The molecule has 0 N–H and O–H groups in total. The van der Waals surface area contributed by atoms with E-state index >= 15 is 0 Å². The third-order valence-electron chi connectivity index (χ3n) is 1.97. The minimum atomic E-state index is -3.48. The third-order valence-corrected chi connectivity index (χ3v) is 3.36. The molecule has 1 aliphatic heterocycles. The molecule has 1 heterocycles. The van der Waals surface area contributed by atoms with E-state index in [1.54, 1.807) is 0 Å². The van der Waals surface area contributed by atoms with E-state index in [0.29, 0.717) is 13.2 Å². The second kappa shape index (κ2) is 5.78. The largest absolute Gasteiger partial charge is 0.474 e. The zero-order valence-electron chi connectivity index (χ0n) is 10.0. The second-order valence-corrected chi connectivity index (χ2v) is 6.03. The third kappa shape index (κ3) is 5.00. The first-order chi connectivity index (χ1) is 7.87. The summed E-state index contributed by atoms with van der Waals surface area (Å²) in [5.74, 6) is -0.557. The molecule has 98 valence electrons. The summed E-state index contributed by atoms with van der Waals surface area (Å²) in [5.41, 5.74) is -0.174. The molecule has 17 heavy (non-hydrogen) atoms. The Kier molecular flexibility index (Phi) is 4.89. The van der Waals surface area contributed by atoms with E-state index in [1.807, 2.05) is 13.8 Å². The summed E-state index contributed by atoms with van der Waals surface area (Å²) in [6.07, 6.45) is 1.04. The summed E-state index contributed by atoms with van der Waals surface area (Å²) >= 11 is 0. The molecule has 1 saturated heterocycles. The smallest absolute Gasteiger partial charge is 0.460 e. The van der Waals surface area contributed by atoms with Gasteiger partial charge in [0.1, 0.15) is 6.61 Å². The molecule has 0 spiro atoms. The Morgan fingerprint density at radius 2 is 2.00 bits per heavy atom. The normalized spacial score (nSPS) is 21.8. The van der Waals surface area contributed by atoms with Crippen molar-refractivity contribution in [2.24, 2.45) is 5.41 Å². The average molecular weight is 264 g/mol. The lowest BCUT2D eigenvalue weighted by Crippen LogP contribution is -2.30. The molecule has 0 aliphatic carbocycles. The highest BCUT2D eigenvalue weighted by Gasteiger charge is 2.37. The van der Waals surface area contributed by atoms with Crippen LogP contribution in [0.3, 0.4) is 0 Å². The highest BCUT2D eigenvalue weighted by atomic mass is 31.2. The van der Waals surface area contributed by atoms with Crippen LogP contribution >= 0.6 is 7.82 Å². The summed E-state index contributed by atoms with van der Waals surface area (Å²) in [6, 6.07) is 0. The van der Waals surface area contributed by atoms with Crippen molar-refractivity contribution in [3.63, 3.8) is 0 Å². The molecule has 7 heteroatoms. The number of phosphoric acid groups is 1. The molecule has 0 bridgehead atoms. The summed E-state index contributed by atoms with van der Waals surface area (Å²) < 4.78 is 31.5. The van der Waals surface area contributed by atoms with Gasteiger partial charge >= 0.3 is 13.8 Å². The van der Waals surface area contributed by atoms with Gasteiger partial charge in [-0.15, -0.1) is 0 Å². The zero-order valence-corrected chi connectivity index (χ0v) is 10.9. The first kappa shape index (κ1) is 14.4. The van der Waals surface area contributed by atoms with Gasteiger partial charge in [0.15, 0.2) is 0 Å². The van der Waals surface area contributed by atoms with Crippen molar-refractivity contribution in [3.05, 3.63) is 12.7 Å². The number of esters is 1. The van der Waals surface area contributed by atoms with Crippen molar-refractivity contribution < 1.29 is 27.7 Å². The van der Waals surface area contributed by atoms with E-state index in [4.69, 9.17) is 13.6 Å². The number of phosphoric ester groups is 1. The average Bonchev–Trinajstić information content (AvgIpc) is 2.29. The van der Waals surface area contributed by atoms with Crippen molar-refractivity contribution in [2.75, 3.05) is 26.4 Å². The quantitative estimate of drug-likeness (QED) is 0.327. The molecule has 0 aromatic rings. The van der Waals surface area contributed by atoms with Crippen LogP contribution in [0, 0.1) is 5.41 Å². The lowest BCUT2D eigenvalue weighted by atomic mass is 9.97. The van der Waals surface area contributed by atoms with Crippen LogP contribution in [0.1, 0.15) is 13.8 Å². The number of hydrogen-bond donors (Lipinski definition) is 0. The van der Waals surface area contributed by atoms with Gasteiger partial charge < -0.3 is 4.74 Å². The van der Waals surface area contributed by atoms with Gasteiger partial charge in [-0.25, -0.2) is 9.36 Å². The number of carbonyl (C=O) groups excluding carboxylic acids is 1. The molecule has 1 aliphatic rings. The van der Waals surface area contributed by atoms with Crippen LogP contribution in [0.5, 0.6) is 0 Å². The molecule has 0 saturated carbocycles. The fourth-order valence-electron chi connectivity index (χ4n) is 1.01. The van der Waals surface area contributed by atoms with Gasteiger partial charge in [-0.2, -0.15) is 0 Å². The van der Waals surface area contributed by atoms with Crippen LogP contribution in [0.4, 0.5) is 0 Å². The van der Waals surface area contributed by atoms with Crippen LogP contribution < -0.4 is 0 Å². The van der Waals surface area contributed by atoms with E-state index in [9.17, 15) is 9.36 Å². The minimum absolute atomic E-state index is 0.0229. The minimum Gasteiger partial charge on any atom is -0.460 e. The molecule has 0 unspecified atom stereocenters. The van der Waals surface area contributed by atoms with E-state index in [-0.39, 0.29) is 18.6 Å². The molecule has 0 atom stereocenters. The van der Waals surface area contributed by atoms with Crippen LogP contribution in [-0.2, 0) is 27.7 Å². The van der Waals surface area contributed by atoms with Crippen molar-refractivity contribution in [1.82, 2.24) is 0 Å². The van der Waals surface area contributed by atoms with Crippen LogP contribution in [-0.4, -0.2) is 32.4 Å². The Balaban J connectivity index is 2.25. The zero-order chi connectivity index (χ0) is 12.9. The van der Waals surface area contributed by atoms with E-state index in [2.05, 4.69) is 11.3 Å². The number of hydrogen-bond acceptors (Lipinski definition) is 6. The maximum absolute atomic E-state index is 11.8. The molecule has 0 radical (unpaired) electrons. The Bertz CT molecular complexity index is 324. The van der Waals surface area contributed by atoms with Crippen LogP contribution in [0.25, 0.3) is 0 Å². The Morgan fingerprint density at radius 1 is 1.41 bits per heavy atom. The molecular weight excluding hydrogens is 247 g/mol. The highest BCUT2D eigenvalue weighted by Crippen LogP contribution is 2.54. The van der Waals surface area contributed by atoms with E-state index in [0.717, 1.165) is 6.08 Å². The topological polar surface area (TPSA) is 71.1 Å². The number of ether oxygens (including phenoxy) is 1. The van der Waals surface area contributed by atoms with Gasteiger partial charge in [0, 0.05) is 11.5 Å². The molecule has 1 rings (SSSR count). The molecular formula is C10H17O6P. The Labute approximate surface area is 100 Å². The summed E-state index contributed by atoms with van der Waals surface area (Å²) in [5, 5.41) is 0. The van der Waals surface area contributed by atoms with Gasteiger partial charge in [-0.3, -0.25) is 13.6 Å². The lowest BCUT2D eigenvalue weighted by Gasteiger charge is -2.32. The van der Waals surface area contributed by atoms with Crippen LogP contribution in [0.15, 0.2) is 12.7 Å². The maximum atomic E-state index is 11.8. The standard InChI is InChI=1S/C10H17O6P/c1-4-9(11)13-5-6-14-17(12)15-7-10(2,3)8-16-17/h4H,1,5-8H2,2-3H3. The summed E-state index contributed by atoms with van der Waals surface area (Å²) in [4.78, 5) is 10.7. The van der Waals surface area contributed by atoms with Crippen molar-refractivity contribution >= 4 is 13.8 Å². The second-order valence-electron chi connectivity index (χ2n) is 4.36. The summed E-state index contributed by atoms with van der Waals surface area (Å²) in [7, 11) is -3.48. The maximum Gasteiger partial charge on any atom is 0.474 e. The predicted octanol–water partition coefficient (Wildman–Crippen LogP) is 1.91. The van der Waals surface area contributed by atoms with Crippen molar-refractivity contribution in [1.29, 1.82) is 0 Å².